The Bertz CT molecular complexity index is 503. The van der Waals surface area contributed by atoms with Crippen molar-refractivity contribution in [2.24, 2.45) is 11.7 Å². The molecule has 0 aliphatic carbocycles. The van der Waals surface area contributed by atoms with Gasteiger partial charge >= 0.3 is 0 Å². The molecule has 130 valence electrons. The SMILES string of the molecule is Cc1ccc(C(C)CNC(=O)CNC(=O)[C@@H](N)C(C)C)cc1.Cl. The van der Waals surface area contributed by atoms with Crippen LogP contribution in [0, 0.1) is 12.8 Å². The fourth-order valence-corrected chi connectivity index (χ4v) is 1.93. The molecule has 0 bridgehead atoms. The van der Waals surface area contributed by atoms with Crippen molar-refractivity contribution < 1.29 is 9.59 Å². The molecule has 5 nitrogen and oxygen atoms in total. The van der Waals surface area contributed by atoms with Gasteiger partial charge in [-0.3, -0.25) is 9.59 Å². The van der Waals surface area contributed by atoms with Crippen molar-refractivity contribution in [3.05, 3.63) is 35.4 Å². The summed E-state index contributed by atoms with van der Waals surface area (Å²) in [4.78, 5) is 23.4. The third-order valence-corrected chi connectivity index (χ3v) is 3.70. The lowest BCUT2D eigenvalue weighted by Crippen LogP contribution is -2.47. The Morgan fingerprint density at radius 2 is 1.65 bits per heavy atom. The van der Waals surface area contributed by atoms with Gasteiger partial charge in [0.05, 0.1) is 12.6 Å². The van der Waals surface area contributed by atoms with E-state index in [9.17, 15) is 9.59 Å². The van der Waals surface area contributed by atoms with Crippen molar-refractivity contribution in [3.8, 4) is 0 Å². The van der Waals surface area contributed by atoms with E-state index in [0.29, 0.717) is 6.54 Å². The molecule has 0 aliphatic heterocycles. The molecule has 0 saturated carbocycles. The van der Waals surface area contributed by atoms with Crippen LogP contribution in [-0.4, -0.2) is 30.9 Å². The van der Waals surface area contributed by atoms with Crippen LogP contribution in [0.1, 0.15) is 37.8 Å². The second-order valence-electron chi connectivity index (χ2n) is 6.10. The van der Waals surface area contributed by atoms with Crippen molar-refractivity contribution in [3.63, 3.8) is 0 Å². The number of amides is 2. The molecule has 0 spiro atoms. The summed E-state index contributed by atoms with van der Waals surface area (Å²) in [6.07, 6.45) is 0. The first-order chi connectivity index (χ1) is 10.3. The highest BCUT2D eigenvalue weighted by molar-refractivity contribution is 5.87. The van der Waals surface area contributed by atoms with Crippen LogP contribution in [0.2, 0.25) is 0 Å². The average Bonchev–Trinajstić information content (AvgIpc) is 2.49. The lowest BCUT2D eigenvalue weighted by molar-refractivity contribution is -0.127. The highest BCUT2D eigenvalue weighted by Crippen LogP contribution is 2.14. The molecule has 1 aromatic rings. The van der Waals surface area contributed by atoms with Crippen molar-refractivity contribution in [1.82, 2.24) is 10.6 Å². The maximum Gasteiger partial charge on any atom is 0.239 e. The smallest absolute Gasteiger partial charge is 0.239 e. The van der Waals surface area contributed by atoms with Gasteiger partial charge in [0.15, 0.2) is 0 Å². The van der Waals surface area contributed by atoms with Gasteiger partial charge in [-0.2, -0.15) is 0 Å². The molecular weight excluding hydrogens is 314 g/mol. The molecule has 0 fully saturated rings. The molecule has 0 heterocycles. The van der Waals surface area contributed by atoms with Gasteiger partial charge in [-0.25, -0.2) is 0 Å². The first kappa shape index (κ1) is 21.4. The molecule has 6 heteroatoms. The summed E-state index contributed by atoms with van der Waals surface area (Å²) in [7, 11) is 0. The van der Waals surface area contributed by atoms with Gasteiger partial charge in [0.25, 0.3) is 0 Å². The summed E-state index contributed by atoms with van der Waals surface area (Å²) < 4.78 is 0. The van der Waals surface area contributed by atoms with E-state index in [1.165, 1.54) is 11.1 Å². The molecule has 23 heavy (non-hydrogen) atoms. The summed E-state index contributed by atoms with van der Waals surface area (Å²) in [5.74, 6) is -0.234. The van der Waals surface area contributed by atoms with Crippen molar-refractivity contribution in [2.75, 3.05) is 13.1 Å². The monoisotopic (exact) mass is 341 g/mol. The van der Waals surface area contributed by atoms with E-state index in [1.807, 2.05) is 20.8 Å². The average molecular weight is 342 g/mol. The number of aryl methyl sites for hydroxylation is 1. The van der Waals surface area contributed by atoms with Crippen LogP contribution in [0.25, 0.3) is 0 Å². The third kappa shape index (κ3) is 7.48. The lowest BCUT2D eigenvalue weighted by atomic mass is 10.00. The highest BCUT2D eigenvalue weighted by Gasteiger charge is 2.17. The van der Waals surface area contributed by atoms with E-state index in [2.05, 4.69) is 41.8 Å². The molecule has 2 atom stereocenters. The number of carbonyl (C=O) groups is 2. The number of carbonyl (C=O) groups excluding carboxylic acids is 2. The van der Waals surface area contributed by atoms with Crippen molar-refractivity contribution in [2.45, 2.75) is 39.7 Å². The summed E-state index contributed by atoms with van der Waals surface area (Å²) >= 11 is 0. The first-order valence-electron chi connectivity index (χ1n) is 7.67. The van der Waals surface area contributed by atoms with E-state index in [4.69, 9.17) is 5.73 Å². The normalized spacial score (nSPS) is 13.0. The first-order valence-corrected chi connectivity index (χ1v) is 7.67. The minimum Gasteiger partial charge on any atom is -0.354 e. The largest absolute Gasteiger partial charge is 0.354 e. The number of benzene rings is 1. The fraction of sp³-hybridized carbons (Fsp3) is 0.529. The lowest BCUT2D eigenvalue weighted by Gasteiger charge is -2.16. The van der Waals surface area contributed by atoms with E-state index >= 15 is 0 Å². The zero-order chi connectivity index (χ0) is 16.7. The van der Waals surface area contributed by atoms with E-state index in [0.717, 1.165) is 0 Å². The summed E-state index contributed by atoms with van der Waals surface area (Å²) in [5.41, 5.74) is 8.10. The minimum atomic E-state index is -0.584. The standard InChI is InChI=1S/C17H27N3O2.ClH/c1-11(2)16(18)17(22)20-10-15(21)19-9-13(4)14-7-5-12(3)6-8-14;/h5-8,11,13,16H,9-10,18H2,1-4H3,(H,19,21)(H,20,22);1H/t13?,16-;/m0./s1. The van der Waals surface area contributed by atoms with Gasteiger partial charge in [-0.1, -0.05) is 50.6 Å². The Hall–Kier alpha value is -1.59. The quantitative estimate of drug-likeness (QED) is 0.706. The Labute approximate surface area is 144 Å². The number of nitrogens with two attached hydrogens (primary N) is 1. The second-order valence-corrected chi connectivity index (χ2v) is 6.10. The van der Waals surface area contributed by atoms with Crippen LogP contribution in [0.15, 0.2) is 24.3 Å². The Kier molecular flexibility index (Phi) is 9.53. The van der Waals surface area contributed by atoms with Gasteiger partial charge in [0.2, 0.25) is 11.8 Å². The molecule has 1 aromatic carbocycles. The predicted octanol–water partition coefficient (Wildman–Crippen LogP) is 1.74. The van der Waals surface area contributed by atoms with E-state index in [1.54, 1.807) is 0 Å². The number of halogens is 1. The van der Waals surface area contributed by atoms with Gasteiger partial charge in [0, 0.05) is 6.54 Å². The number of hydrogen-bond acceptors (Lipinski definition) is 3. The fourth-order valence-electron chi connectivity index (χ4n) is 1.93. The summed E-state index contributed by atoms with van der Waals surface area (Å²) in [5, 5.41) is 5.38. The predicted molar refractivity (Wildman–Crippen MR) is 95.7 cm³/mol. The number of rotatable bonds is 7. The maximum absolute atomic E-state index is 11.8. The number of nitrogens with one attached hydrogen (secondary N) is 2. The van der Waals surface area contributed by atoms with Gasteiger partial charge in [0.1, 0.15) is 0 Å². The van der Waals surface area contributed by atoms with E-state index < -0.39 is 6.04 Å². The molecule has 0 radical (unpaired) electrons. The van der Waals surface area contributed by atoms with Crippen LogP contribution in [-0.2, 0) is 9.59 Å². The molecule has 0 aliphatic rings. The van der Waals surface area contributed by atoms with Crippen molar-refractivity contribution in [1.29, 1.82) is 0 Å². The Balaban J connectivity index is 0.00000484. The van der Waals surface area contributed by atoms with Crippen LogP contribution in [0.4, 0.5) is 0 Å². The zero-order valence-electron chi connectivity index (χ0n) is 14.3. The van der Waals surface area contributed by atoms with Crippen LogP contribution in [0.3, 0.4) is 0 Å². The molecule has 0 saturated heterocycles. The van der Waals surface area contributed by atoms with Crippen LogP contribution < -0.4 is 16.4 Å². The van der Waals surface area contributed by atoms with Crippen molar-refractivity contribution >= 4 is 24.2 Å². The molecule has 0 aromatic heterocycles. The second kappa shape index (κ2) is 10.2. The summed E-state index contributed by atoms with van der Waals surface area (Å²) in [6.45, 7) is 8.33. The maximum atomic E-state index is 11.8. The van der Waals surface area contributed by atoms with Gasteiger partial charge in [-0.15, -0.1) is 12.4 Å². The minimum absolute atomic E-state index is 0. The molecular formula is C17H28ClN3O2. The van der Waals surface area contributed by atoms with E-state index in [-0.39, 0.29) is 42.6 Å². The third-order valence-electron chi connectivity index (χ3n) is 3.70. The molecule has 1 rings (SSSR count). The van der Waals surface area contributed by atoms with Gasteiger partial charge < -0.3 is 16.4 Å². The van der Waals surface area contributed by atoms with Gasteiger partial charge in [-0.05, 0) is 24.3 Å². The molecule has 1 unspecified atom stereocenters. The number of hydrogen-bond donors (Lipinski definition) is 3. The summed E-state index contributed by atoms with van der Waals surface area (Å²) in [6, 6.07) is 7.66. The van der Waals surface area contributed by atoms with Crippen LogP contribution >= 0.6 is 12.4 Å². The Morgan fingerprint density at radius 3 is 2.17 bits per heavy atom. The highest BCUT2D eigenvalue weighted by atomic mass is 35.5. The zero-order valence-corrected chi connectivity index (χ0v) is 15.1. The molecule has 2 amide bonds. The Morgan fingerprint density at radius 1 is 1.09 bits per heavy atom. The topological polar surface area (TPSA) is 84.2 Å². The van der Waals surface area contributed by atoms with Crippen LogP contribution in [0.5, 0.6) is 0 Å². The molecule has 4 N–H and O–H groups in total.